The summed E-state index contributed by atoms with van der Waals surface area (Å²) in [5.74, 6) is -1.94. The number of carbonyl (C=O) groups is 2. The predicted molar refractivity (Wildman–Crippen MR) is 89.5 cm³/mol. The molecule has 0 aliphatic carbocycles. The molecule has 128 valence electrons. The van der Waals surface area contributed by atoms with Gasteiger partial charge in [0.1, 0.15) is 11.7 Å². The van der Waals surface area contributed by atoms with Gasteiger partial charge in [-0.25, -0.2) is 9.48 Å². The molecule has 0 fully saturated rings. The van der Waals surface area contributed by atoms with Crippen molar-refractivity contribution in [3.05, 3.63) is 51.9 Å². The molecule has 1 heterocycles. The number of aromatic amines is 1. The smallest absolute Gasteiger partial charge is 0.326 e. The van der Waals surface area contributed by atoms with E-state index in [-0.39, 0.29) is 17.2 Å². The highest BCUT2D eigenvalue weighted by Crippen LogP contribution is 2.10. The summed E-state index contributed by atoms with van der Waals surface area (Å²) in [6, 6.07) is 7.37. The normalized spacial score (nSPS) is 13.3. The van der Waals surface area contributed by atoms with Crippen LogP contribution in [0.3, 0.4) is 0 Å². The SMILES string of the molecule is CC[C@H](C)[C@H](NC(=O)c1cc(=O)n(-c2ccc(C)cc2)[nH]1)C(=O)O. The van der Waals surface area contributed by atoms with Crippen molar-refractivity contribution in [2.24, 2.45) is 5.92 Å². The molecule has 2 aromatic rings. The lowest BCUT2D eigenvalue weighted by Crippen LogP contribution is -2.45. The van der Waals surface area contributed by atoms with Crippen molar-refractivity contribution < 1.29 is 14.7 Å². The number of carboxylic acids is 1. The van der Waals surface area contributed by atoms with Crippen LogP contribution in [0.15, 0.2) is 35.1 Å². The Kier molecular flexibility index (Phi) is 5.23. The second-order valence-corrected chi connectivity index (χ2v) is 5.85. The Bertz CT molecular complexity index is 789. The summed E-state index contributed by atoms with van der Waals surface area (Å²) < 4.78 is 1.24. The zero-order valence-corrected chi connectivity index (χ0v) is 13.9. The van der Waals surface area contributed by atoms with E-state index in [0.717, 1.165) is 11.6 Å². The highest BCUT2D eigenvalue weighted by Gasteiger charge is 2.26. The first-order chi connectivity index (χ1) is 11.3. The minimum atomic E-state index is -1.10. The second kappa shape index (κ2) is 7.16. The number of nitrogens with zero attached hydrogens (tertiary/aromatic N) is 1. The molecule has 2 rings (SSSR count). The maximum absolute atomic E-state index is 12.3. The lowest BCUT2D eigenvalue weighted by molar-refractivity contribution is -0.140. The van der Waals surface area contributed by atoms with Crippen LogP contribution in [0, 0.1) is 12.8 Å². The number of H-pyrrole nitrogens is 1. The van der Waals surface area contributed by atoms with Crippen LogP contribution >= 0.6 is 0 Å². The van der Waals surface area contributed by atoms with E-state index in [4.69, 9.17) is 0 Å². The average molecular weight is 331 g/mol. The van der Waals surface area contributed by atoms with E-state index in [9.17, 15) is 19.5 Å². The fourth-order valence-corrected chi connectivity index (χ4v) is 2.30. The van der Waals surface area contributed by atoms with E-state index in [1.807, 2.05) is 26.0 Å². The van der Waals surface area contributed by atoms with Gasteiger partial charge in [-0.2, -0.15) is 0 Å². The summed E-state index contributed by atoms with van der Waals surface area (Å²) in [5, 5.41) is 14.4. The molecule has 0 spiro atoms. The molecule has 3 N–H and O–H groups in total. The topological polar surface area (TPSA) is 104 Å². The Labute approximate surface area is 139 Å². The Balaban J connectivity index is 2.25. The summed E-state index contributed by atoms with van der Waals surface area (Å²) in [5.41, 5.74) is 1.28. The van der Waals surface area contributed by atoms with Crippen LogP contribution < -0.4 is 10.9 Å². The molecule has 0 bridgehead atoms. The summed E-state index contributed by atoms with van der Waals surface area (Å²) in [7, 11) is 0. The van der Waals surface area contributed by atoms with E-state index in [1.165, 1.54) is 4.68 Å². The fraction of sp³-hybridized carbons (Fsp3) is 0.353. The molecule has 24 heavy (non-hydrogen) atoms. The molecular formula is C17H21N3O4. The van der Waals surface area contributed by atoms with Gasteiger partial charge in [-0.15, -0.1) is 0 Å². The number of carbonyl (C=O) groups excluding carboxylic acids is 1. The zero-order valence-electron chi connectivity index (χ0n) is 13.9. The number of nitrogens with one attached hydrogen (secondary N) is 2. The Morgan fingerprint density at radius 1 is 1.29 bits per heavy atom. The second-order valence-electron chi connectivity index (χ2n) is 5.85. The Morgan fingerprint density at radius 2 is 1.92 bits per heavy atom. The van der Waals surface area contributed by atoms with Gasteiger partial charge in [0.05, 0.1) is 5.69 Å². The molecule has 0 aliphatic rings. The average Bonchev–Trinajstić information content (AvgIpc) is 2.94. The van der Waals surface area contributed by atoms with Crippen LogP contribution in [0.25, 0.3) is 5.69 Å². The summed E-state index contributed by atoms with van der Waals surface area (Å²) in [6.07, 6.45) is 0.609. The molecule has 7 nitrogen and oxygen atoms in total. The highest BCUT2D eigenvalue weighted by molar-refractivity contribution is 5.95. The van der Waals surface area contributed by atoms with Crippen LogP contribution in [0.4, 0.5) is 0 Å². The third-order valence-electron chi connectivity index (χ3n) is 4.02. The summed E-state index contributed by atoms with van der Waals surface area (Å²) in [6.45, 7) is 5.53. The van der Waals surface area contributed by atoms with Gasteiger partial charge >= 0.3 is 5.97 Å². The van der Waals surface area contributed by atoms with Crippen LogP contribution in [0.5, 0.6) is 0 Å². The number of hydrogen-bond acceptors (Lipinski definition) is 3. The standard InChI is InChI=1S/C17H21N3O4/c1-4-11(3)15(17(23)24)18-16(22)13-9-14(21)20(19-13)12-7-5-10(2)6-8-12/h5-9,11,15,19H,4H2,1-3H3,(H,18,22)(H,23,24)/t11-,15-/m0/s1. The molecule has 0 aliphatic heterocycles. The van der Waals surface area contributed by atoms with Crippen LogP contribution in [0.1, 0.15) is 36.3 Å². The number of amides is 1. The Morgan fingerprint density at radius 3 is 2.46 bits per heavy atom. The van der Waals surface area contributed by atoms with Crippen molar-refractivity contribution in [3.63, 3.8) is 0 Å². The first-order valence-corrected chi connectivity index (χ1v) is 7.76. The maximum atomic E-state index is 12.3. The molecule has 1 aromatic heterocycles. The molecule has 7 heteroatoms. The number of hydrogen-bond donors (Lipinski definition) is 3. The minimum absolute atomic E-state index is 0.0233. The maximum Gasteiger partial charge on any atom is 0.326 e. The molecule has 0 radical (unpaired) electrons. The first-order valence-electron chi connectivity index (χ1n) is 7.76. The van der Waals surface area contributed by atoms with Crippen LogP contribution in [-0.2, 0) is 4.79 Å². The van der Waals surface area contributed by atoms with Gasteiger partial charge in [0.2, 0.25) is 0 Å². The number of aromatic nitrogens is 2. The van der Waals surface area contributed by atoms with Gasteiger partial charge in [-0.3, -0.25) is 14.7 Å². The van der Waals surface area contributed by atoms with Crippen molar-refractivity contribution in [2.75, 3.05) is 0 Å². The zero-order chi connectivity index (χ0) is 17.9. The monoisotopic (exact) mass is 331 g/mol. The highest BCUT2D eigenvalue weighted by atomic mass is 16.4. The molecule has 0 saturated heterocycles. The van der Waals surface area contributed by atoms with Gasteiger partial charge in [0, 0.05) is 6.07 Å². The fourth-order valence-electron chi connectivity index (χ4n) is 2.30. The van der Waals surface area contributed by atoms with E-state index < -0.39 is 17.9 Å². The lowest BCUT2D eigenvalue weighted by Gasteiger charge is -2.19. The lowest BCUT2D eigenvalue weighted by atomic mass is 9.99. The minimum Gasteiger partial charge on any atom is -0.480 e. The van der Waals surface area contributed by atoms with Crippen molar-refractivity contribution in [1.29, 1.82) is 0 Å². The van der Waals surface area contributed by atoms with Gasteiger partial charge in [0.15, 0.2) is 0 Å². The molecule has 0 unspecified atom stereocenters. The van der Waals surface area contributed by atoms with E-state index in [0.29, 0.717) is 12.1 Å². The van der Waals surface area contributed by atoms with Crippen molar-refractivity contribution >= 4 is 11.9 Å². The third-order valence-corrected chi connectivity index (χ3v) is 4.02. The molecule has 1 amide bonds. The van der Waals surface area contributed by atoms with Gasteiger partial charge in [0.25, 0.3) is 11.5 Å². The van der Waals surface area contributed by atoms with Crippen LogP contribution in [-0.4, -0.2) is 32.8 Å². The van der Waals surface area contributed by atoms with E-state index in [1.54, 1.807) is 19.1 Å². The number of benzene rings is 1. The van der Waals surface area contributed by atoms with Crippen molar-refractivity contribution in [2.45, 2.75) is 33.2 Å². The number of rotatable bonds is 6. The molecule has 2 atom stereocenters. The number of aryl methyl sites for hydroxylation is 1. The van der Waals surface area contributed by atoms with Crippen molar-refractivity contribution in [1.82, 2.24) is 15.1 Å². The summed E-state index contributed by atoms with van der Waals surface area (Å²) >= 11 is 0. The van der Waals surface area contributed by atoms with Gasteiger partial charge in [-0.05, 0) is 25.0 Å². The molecule has 0 saturated carbocycles. The van der Waals surface area contributed by atoms with E-state index >= 15 is 0 Å². The third kappa shape index (κ3) is 3.73. The summed E-state index contributed by atoms with van der Waals surface area (Å²) in [4.78, 5) is 35.6. The largest absolute Gasteiger partial charge is 0.480 e. The van der Waals surface area contributed by atoms with Gasteiger partial charge in [-0.1, -0.05) is 38.0 Å². The number of carboxylic acid groups (broad SMARTS) is 1. The van der Waals surface area contributed by atoms with E-state index in [2.05, 4.69) is 10.4 Å². The number of aliphatic carboxylic acids is 1. The van der Waals surface area contributed by atoms with Crippen molar-refractivity contribution in [3.8, 4) is 5.69 Å². The Hall–Kier alpha value is -2.83. The molecule has 1 aromatic carbocycles. The predicted octanol–water partition coefficient (Wildman–Crippen LogP) is 1.70. The molecular weight excluding hydrogens is 310 g/mol. The van der Waals surface area contributed by atoms with Crippen LogP contribution in [0.2, 0.25) is 0 Å². The quantitative estimate of drug-likeness (QED) is 0.749. The first kappa shape index (κ1) is 17.5. The van der Waals surface area contributed by atoms with Gasteiger partial charge < -0.3 is 10.4 Å².